The largest absolute Gasteiger partial charge is 0.399 e. The lowest BCUT2D eigenvalue weighted by Gasteiger charge is -2.26. The fourth-order valence-electron chi connectivity index (χ4n) is 1.99. The Bertz CT molecular complexity index is 568. The van der Waals surface area contributed by atoms with E-state index in [9.17, 15) is 8.42 Å². The van der Waals surface area contributed by atoms with E-state index in [-0.39, 0.29) is 16.0 Å². The van der Waals surface area contributed by atoms with Gasteiger partial charge >= 0.3 is 0 Å². The summed E-state index contributed by atoms with van der Waals surface area (Å²) < 4.78 is 26.9. The van der Waals surface area contributed by atoms with Gasteiger partial charge in [-0.15, -0.1) is 0 Å². The number of hydrogen-bond donors (Lipinski definition) is 1. The van der Waals surface area contributed by atoms with Crippen molar-refractivity contribution in [3.05, 3.63) is 23.2 Å². The summed E-state index contributed by atoms with van der Waals surface area (Å²) in [6.07, 6.45) is 2.21. The van der Waals surface area contributed by atoms with E-state index in [1.165, 1.54) is 16.4 Å². The molecule has 4 nitrogen and oxygen atoms in total. The molecule has 1 saturated carbocycles. The van der Waals surface area contributed by atoms with E-state index in [1.54, 1.807) is 6.07 Å². The average molecular weight is 303 g/mol. The Kier molecular flexibility index (Phi) is 4.08. The Morgan fingerprint density at radius 2 is 2.05 bits per heavy atom. The Morgan fingerprint density at radius 1 is 1.42 bits per heavy atom. The summed E-state index contributed by atoms with van der Waals surface area (Å²) >= 11 is 6.03. The van der Waals surface area contributed by atoms with Crippen molar-refractivity contribution in [2.45, 2.75) is 37.6 Å². The van der Waals surface area contributed by atoms with Gasteiger partial charge in [0.1, 0.15) is 4.90 Å². The maximum Gasteiger partial charge on any atom is 0.244 e. The Balaban J connectivity index is 2.37. The number of hydrogen-bond acceptors (Lipinski definition) is 3. The molecule has 19 heavy (non-hydrogen) atoms. The summed E-state index contributed by atoms with van der Waals surface area (Å²) in [7, 11) is -3.56. The van der Waals surface area contributed by atoms with Crippen molar-refractivity contribution in [2.24, 2.45) is 5.92 Å². The van der Waals surface area contributed by atoms with Crippen LogP contribution < -0.4 is 5.73 Å². The lowest BCUT2D eigenvalue weighted by atomic mass is 10.3. The van der Waals surface area contributed by atoms with Crippen molar-refractivity contribution in [2.75, 3.05) is 12.3 Å². The zero-order valence-electron chi connectivity index (χ0n) is 11.1. The van der Waals surface area contributed by atoms with Crippen molar-refractivity contribution in [1.82, 2.24) is 4.31 Å². The van der Waals surface area contributed by atoms with E-state index in [4.69, 9.17) is 17.3 Å². The predicted molar refractivity (Wildman–Crippen MR) is 77.6 cm³/mol. The van der Waals surface area contributed by atoms with Crippen LogP contribution in [-0.4, -0.2) is 25.3 Å². The number of anilines is 1. The minimum absolute atomic E-state index is 0.0841. The molecule has 2 N–H and O–H groups in total. The second kappa shape index (κ2) is 5.31. The maximum atomic E-state index is 12.7. The first-order valence-electron chi connectivity index (χ1n) is 6.39. The molecular formula is C13H19ClN2O2S. The fourth-order valence-corrected chi connectivity index (χ4v) is 4.24. The molecule has 0 atom stereocenters. The van der Waals surface area contributed by atoms with Crippen LogP contribution in [0.5, 0.6) is 0 Å². The Hall–Kier alpha value is -0.780. The van der Waals surface area contributed by atoms with E-state index in [2.05, 4.69) is 0 Å². The molecular weight excluding hydrogens is 284 g/mol. The van der Waals surface area contributed by atoms with Crippen LogP contribution in [-0.2, 0) is 10.0 Å². The third kappa shape index (κ3) is 3.22. The van der Waals surface area contributed by atoms with E-state index in [0.29, 0.717) is 18.2 Å². The quantitative estimate of drug-likeness (QED) is 0.851. The van der Waals surface area contributed by atoms with Crippen LogP contribution in [0.25, 0.3) is 0 Å². The highest BCUT2D eigenvalue weighted by Crippen LogP contribution is 2.34. The molecule has 0 amide bonds. The molecule has 0 spiro atoms. The first-order valence-corrected chi connectivity index (χ1v) is 8.21. The highest BCUT2D eigenvalue weighted by molar-refractivity contribution is 7.89. The molecule has 1 aromatic carbocycles. The minimum atomic E-state index is -3.56. The van der Waals surface area contributed by atoms with Crippen molar-refractivity contribution in [3.8, 4) is 0 Å². The van der Waals surface area contributed by atoms with Gasteiger partial charge in [0.2, 0.25) is 10.0 Å². The van der Waals surface area contributed by atoms with Crippen molar-refractivity contribution in [3.63, 3.8) is 0 Å². The summed E-state index contributed by atoms with van der Waals surface area (Å²) in [6, 6.07) is 4.44. The lowest BCUT2D eigenvalue weighted by Crippen LogP contribution is -2.38. The fraction of sp³-hybridized carbons (Fsp3) is 0.538. The number of rotatable bonds is 5. The van der Waals surface area contributed by atoms with Gasteiger partial charge in [0.25, 0.3) is 0 Å². The number of benzene rings is 1. The van der Waals surface area contributed by atoms with Crippen LogP contribution in [0.1, 0.15) is 26.7 Å². The second-order valence-corrected chi connectivity index (χ2v) is 7.57. The van der Waals surface area contributed by atoms with Gasteiger partial charge in [0.05, 0.1) is 5.02 Å². The second-order valence-electron chi connectivity index (χ2n) is 5.30. The van der Waals surface area contributed by atoms with E-state index in [0.717, 1.165) is 12.8 Å². The topological polar surface area (TPSA) is 63.4 Å². The van der Waals surface area contributed by atoms with Gasteiger partial charge in [-0.3, -0.25) is 0 Å². The maximum absolute atomic E-state index is 12.7. The third-order valence-corrected chi connectivity index (χ3v) is 5.78. The molecule has 0 radical (unpaired) electrons. The van der Waals surface area contributed by atoms with Gasteiger partial charge in [-0.05, 0) is 50.8 Å². The van der Waals surface area contributed by atoms with Crippen LogP contribution >= 0.6 is 11.6 Å². The van der Waals surface area contributed by atoms with Crippen LogP contribution in [0.4, 0.5) is 5.69 Å². The predicted octanol–water partition coefficient (Wildman–Crippen LogP) is 2.73. The molecule has 1 aliphatic rings. The van der Waals surface area contributed by atoms with Gasteiger partial charge in [-0.1, -0.05) is 11.6 Å². The van der Waals surface area contributed by atoms with Gasteiger partial charge in [-0.2, -0.15) is 4.31 Å². The third-order valence-electron chi connectivity index (χ3n) is 3.25. The van der Waals surface area contributed by atoms with E-state index in [1.807, 2.05) is 13.8 Å². The number of halogens is 1. The molecule has 0 bridgehead atoms. The molecule has 2 rings (SSSR count). The molecule has 0 heterocycles. The zero-order valence-corrected chi connectivity index (χ0v) is 12.7. The first kappa shape index (κ1) is 14.6. The molecule has 0 aliphatic heterocycles. The molecule has 106 valence electrons. The van der Waals surface area contributed by atoms with Crippen LogP contribution in [0.2, 0.25) is 5.02 Å². The average Bonchev–Trinajstić information content (AvgIpc) is 3.08. The Labute approximate surface area is 119 Å². The minimum Gasteiger partial charge on any atom is -0.399 e. The summed E-state index contributed by atoms with van der Waals surface area (Å²) in [4.78, 5) is 0.137. The molecule has 6 heteroatoms. The van der Waals surface area contributed by atoms with Gasteiger partial charge < -0.3 is 5.73 Å². The molecule has 0 aromatic heterocycles. The zero-order chi connectivity index (χ0) is 14.2. The van der Waals surface area contributed by atoms with Crippen molar-refractivity contribution in [1.29, 1.82) is 0 Å². The lowest BCUT2D eigenvalue weighted by molar-refractivity contribution is 0.342. The first-order chi connectivity index (χ1) is 8.82. The number of sulfonamides is 1. The Morgan fingerprint density at radius 3 is 2.53 bits per heavy atom. The summed E-state index contributed by atoms with van der Waals surface area (Å²) in [5.41, 5.74) is 6.06. The summed E-state index contributed by atoms with van der Waals surface area (Å²) in [5.74, 6) is 0.490. The number of nitrogens with zero attached hydrogens (tertiary/aromatic N) is 1. The van der Waals surface area contributed by atoms with Crippen LogP contribution in [0.3, 0.4) is 0 Å². The van der Waals surface area contributed by atoms with Crippen LogP contribution in [0.15, 0.2) is 23.1 Å². The molecule has 1 aromatic rings. The number of nitrogens with two attached hydrogens (primary N) is 1. The van der Waals surface area contributed by atoms with Gasteiger partial charge in [-0.25, -0.2) is 8.42 Å². The molecule has 0 saturated heterocycles. The highest BCUT2D eigenvalue weighted by atomic mass is 35.5. The summed E-state index contributed by atoms with van der Waals surface area (Å²) in [6.45, 7) is 4.33. The van der Waals surface area contributed by atoms with Gasteiger partial charge in [0, 0.05) is 18.3 Å². The number of nitrogen functional groups attached to an aromatic ring is 1. The monoisotopic (exact) mass is 302 g/mol. The smallest absolute Gasteiger partial charge is 0.244 e. The standard InChI is InChI=1S/C13H19ClN2O2S/c1-9(2)16(8-10-3-4-10)19(17,18)13-6-5-11(15)7-12(13)14/h5-7,9-10H,3-4,8,15H2,1-2H3. The molecule has 0 unspecified atom stereocenters. The van der Waals surface area contributed by atoms with Crippen molar-refractivity contribution < 1.29 is 8.42 Å². The highest BCUT2D eigenvalue weighted by Gasteiger charge is 2.34. The van der Waals surface area contributed by atoms with E-state index >= 15 is 0 Å². The van der Waals surface area contributed by atoms with Crippen molar-refractivity contribution >= 4 is 27.3 Å². The van der Waals surface area contributed by atoms with Crippen LogP contribution in [0, 0.1) is 5.92 Å². The molecule has 1 aliphatic carbocycles. The summed E-state index contributed by atoms with van der Waals surface area (Å²) in [5, 5.41) is 0.182. The normalized spacial score (nSPS) is 16.3. The van der Waals surface area contributed by atoms with Gasteiger partial charge in [0.15, 0.2) is 0 Å². The van der Waals surface area contributed by atoms with E-state index < -0.39 is 10.0 Å². The molecule has 1 fully saturated rings. The SMILES string of the molecule is CC(C)N(CC1CC1)S(=O)(=O)c1ccc(N)cc1Cl.